The molecule has 164 valence electrons. The van der Waals surface area contributed by atoms with Crippen molar-refractivity contribution >= 4 is 24.9 Å². The third-order valence-corrected chi connectivity index (χ3v) is 13.7. The third kappa shape index (κ3) is 3.33. The predicted molar refractivity (Wildman–Crippen MR) is 130 cm³/mol. The molecular formula is C26H39NO2Si. The van der Waals surface area contributed by atoms with Gasteiger partial charge in [0.2, 0.25) is 0 Å². The van der Waals surface area contributed by atoms with Gasteiger partial charge in [0.1, 0.15) is 6.10 Å². The van der Waals surface area contributed by atoms with Crippen LogP contribution in [0.5, 0.6) is 0 Å². The number of aliphatic hydroxyl groups excluding tert-OH is 1. The van der Waals surface area contributed by atoms with Crippen molar-refractivity contribution < 1.29 is 9.90 Å². The summed E-state index contributed by atoms with van der Waals surface area (Å²) in [6, 6.07) is 8.73. The molecule has 1 fully saturated rings. The van der Waals surface area contributed by atoms with Gasteiger partial charge in [0.15, 0.2) is 14.0 Å². The molecule has 0 aliphatic heterocycles. The minimum Gasteiger partial charge on any atom is -0.384 e. The van der Waals surface area contributed by atoms with E-state index in [2.05, 4.69) is 89.0 Å². The molecule has 1 N–H and O–H groups in total. The molecule has 4 heteroatoms. The van der Waals surface area contributed by atoms with Gasteiger partial charge < -0.3 is 9.34 Å². The Balaban J connectivity index is 2.09. The molecule has 1 aliphatic rings. The lowest BCUT2D eigenvalue weighted by Crippen LogP contribution is -2.50. The molecule has 0 amide bonds. The number of benzene rings is 1. The highest BCUT2D eigenvalue weighted by Gasteiger charge is 2.49. The molecule has 1 aromatic heterocycles. The van der Waals surface area contributed by atoms with Gasteiger partial charge in [-0.3, -0.25) is 4.79 Å². The SMILES string of the molecule is C=CC1(C)CCC(C(C)(C)c2cccc3c2ccn3[Si](C)(C)C(C)(C)C)C(=O)C1O. The van der Waals surface area contributed by atoms with Crippen LogP contribution >= 0.6 is 0 Å². The van der Waals surface area contributed by atoms with Crippen molar-refractivity contribution in [2.45, 2.75) is 84.0 Å². The van der Waals surface area contributed by atoms with Gasteiger partial charge in [-0.05, 0) is 41.8 Å². The molecule has 0 radical (unpaired) electrons. The molecule has 1 aromatic carbocycles. The van der Waals surface area contributed by atoms with E-state index < -0.39 is 19.8 Å². The number of hydrogen-bond donors (Lipinski definition) is 1. The molecule has 0 saturated heterocycles. The molecule has 3 nitrogen and oxygen atoms in total. The molecule has 0 spiro atoms. The summed E-state index contributed by atoms with van der Waals surface area (Å²) >= 11 is 0. The van der Waals surface area contributed by atoms with Crippen molar-refractivity contribution in [2.24, 2.45) is 11.3 Å². The number of hydrogen-bond acceptors (Lipinski definition) is 2. The zero-order chi connectivity index (χ0) is 22.7. The molecule has 1 saturated carbocycles. The predicted octanol–water partition coefficient (Wildman–Crippen LogP) is 6.30. The van der Waals surface area contributed by atoms with E-state index in [1.807, 2.05) is 6.92 Å². The number of fused-ring (bicyclic) bond motifs is 1. The Labute approximate surface area is 183 Å². The summed E-state index contributed by atoms with van der Waals surface area (Å²) in [5, 5.41) is 12.2. The van der Waals surface area contributed by atoms with E-state index in [0.717, 1.165) is 12.8 Å². The molecular weight excluding hydrogens is 386 g/mol. The Kier molecular flexibility index (Phi) is 5.52. The molecule has 3 atom stereocenters. The minimum atomic E-state index is -1.76. The van der Waals surface area contributed by atoms with E-state index in [1.54, 1.807) is 6.08 Å². The maximum Gasteiger partial charge on any atom is 0.166 e. The Morgan fingerprint density at radius 3 is 2.40 bits per heavy atom. The quantitative estimate of drug-likeness (QED) is 0.461. The lowest BCUT2D eigenvalue weighted by atomic mass is 9.60. The second-order valence-electron chi connectivity index (χ2n) is 11.6. The Bertz CT molecular complexity index is 979. The fourth-order valence-corrected chi connectivity index (χ4v) is 6.91. The van der Waals surface area contributed by atoms with E-state index >= 15 is 0 Å². The van der Waals surface area contributed by atoms with Crippen LogP contribution in [-0.4, -0.2) is 29.5 Å². The van der Waals surface area contributed by atoms with Crippen LogP contribution in [0.1, 0.15) is 59.9 Å². The summed E-state index contributed by atoms with van der Waals surface area (Å²) in [7, 11) is -1.76. The summed E-state index contributed by atoms with van der Waals surface area (Å²) in [5.74, 6) is -0.253. The first-order valence-electron chi connectivity index (χ1n) is 11.1. The van der Waals surface area contributed by atoms with Gasteiger partial charge in [-0.25, -0.2) is 0 Å². The van der Waals surface area contributed by atoms with Crippen LogP contribution in [0.25, 0.3) is 10.9 Å². The van der Waals surface area contributed by atoms with Gasteiger partial charge >= 0.3 is 0 Å². The van der Waals surface area contributed by atoms with Gasteiger partial charge in [-0.1, -0.05) is 72.8 Å². The first-order chi connectivity index (χ1) is 13.7. The molecule has 3 unspecified atom stereocenters. The van der Waals surface area contributed by atoms with E-state index in [4.69, 9.17) is 0 Å². The van der Waals surface area contributed by atoms with Crippen LogP contribution in [0.15, 0.2) is 43.1 Å². The second-order valence-corrected chi connectivity index (χ2v) is 16.7. The monoisotopic (exact) mass is 425 g/mol. The first kappa shape index (κ1) is 23.0. The van der Waals surface area contributed by atoms with Gasteiger partial charge in [0, 0.05) is 27.7 Å². The van der Waals surface area contributed by atoms with Crippen molar-refractivity contribution in [1.82, 2.24) is 4.23 Å². The number of Topliss-reactive ketones (excluding diaryl/α,β-unsaturated/α-hetero) is 1. The first-order valence-corrected chi connectivity index (χ1v) is 14.1. The largest absolute Gasteiger partial charge is 0.384 e. The number of carbonyl (C=O) groups excluding carboxylic acids is 1. The van der Waals surface area contributed by atoms with Crippen LogP contribution in [0.2, 0.25) is 18.1 Å². The lowest BCUT2D eigenvalue weighted by Gasteiger charge is -2.44. The number of nitrogens with zero attached hydrogens (tertiary/aromatic N) is 1. The van der Waals surface area contributed by atoms with Crippen molar-refractivity contribution in [1.29, 1.82) is 0 Å². The fraction of sp³-hybridized carbons (Fsp3) is 0.577. The smallest absolute Gasteiger partial charge is 0.166 e. The summed E-state index contributed by atoms with van der Waals surface area (Å²) in [4.78, 5) is 13.3. The van der Waals surface area contributed by atoms with E-state index in [9.17, 15) is 9.90 Å². The molecule has 0 bridgehead atoms. The summed E-state index contributed by atoms with van der Waals surface area (Å²) in [6.07, 6.45) is 4.56. The van der Waals surface area contributed by atoms with Crippen molar-refractivity contribution in [3.8, 4) is 0 Å². The molecule has 1 heterocycles. The van der Waals surface area contributed by atoms with Crippen LogP contribution < -0.4 is 0 Å². The summed E-state index contributed by atoms with van der Waals surface area (Å²) in [6.45, 7) is 22.0. The van der Waals surface area contributed by atoms with Gasteiger partial charge in [0.25, 0.3) is 0 Å². The van der Waals surface area contributed by atoms with Crippen LogP contribution in [0, 0.1) is 11.3 Å². The number of carbonyl (C=O) groups is 1. The zero-order valence-corrected chi connectivity index (χ0v) is 21.0. The number of ketones is 1. The molecule has 30 heavy (non-hydrogen) atoms. The fourth-order valence-electron chi connectivity index (χ4n) is 4.95. The van der Waals surface area contributed by atoms with E-state index in [1.165, 1.54) is 16.5 Å². The highest BCUT2D eigenvalue weighted by atomic mass is 28.3. The van der Waals surface area contributed by atoms with E-state index in [-0.39, 0.29) is 22.2 Å². The van der Waals surface area contributed by atoms with Crippen LogP contribution in [-0.2, 0) is 10.2 Å². The maximum atomic E-state index is 13.3. The molecule has 3 rings (SSSR count). The Hall–Kier alpha value is -1.65. The van der Waals surface area contributed by atoms with Crippen molar-refractivity contribution in [2.75, 3.05) is 0 Å². The number of aromatic nitrogens is 1. The highest BCUT2D eigenvalue weighted by molar-refractivity contribution is 6.79. The Morgan fingerprint density at radius 2 is 1.83 bits per heavy atom. The van der Waals surface area contributed by atoms with Crippen LogP contribution in [0.3, 0.4) is 0 Å². The highest BCUT2D eigenvalue weighted by Crippen LogP contribution is 2.47. The number of rotatable bonds is 4. The van der Waals surface area contributed by atoms with Gasteiger partial charge in [-0.15, -0.1) is 6.58 Å². The maximum absolute atomic E-state index is 13.3. The lowest BCUT2D eigenvalue weighted by molar-refractivity contribution is -0.143. The topological polar surface area (TPSA) is 42.2 Å². The number of aliphatic hydroxyl groups is 1. The summed E-state index contributed by atoms with van der Waals surface area (Å²) < 4.78 is 2.51. The van der Waals surface area contributed by atoms with Gasteiger partial charge in [0.05, 0.1) is 0 Å². The average Bonchev–Trinajstić information content (AvgIpc) is 3.09. The van der Waals surface area contributed by atoms with Crippen molar-refractivity contribution in [3.63, 3.8) is 0 Å². The summed E-state index contributed by atoms with van der Waals surface area (Å²) in [5.41, 5.74) is 1.57. The van der Waals surface area contributed by atoms with Crippen LogP contribution in [0.4, 0.5) is 0 Å². The molecule has 2 aromatic rings. The Morgan fingerprint density at radius 1 is 1.20 bits per heavy atom. The van der Waals surface area contributed by atoms with Gasteiger partial charge in [-0.2, -0.15) is 0 Å². The normalized spacial score (nSPS) is 26.2. The standard InChI is InChI=1S/C26H39NO2Si/c1-10-26(7)16-14-20(22(28)23(26)29)25(5,6)19-12-11-13-21-18(19)15-17-27(21)30(8,9)24(2,3)4/h10-13,15,17,20,23,29H,1,14,16H2,2-9H3. The average molecular weight is 426 g/mol. The third-order valence-electron chi connectivity index (χ3n) is 8.41. The van der Waals surface area contributed by atoms with E-state index in [0.29, 0.717) is 0 Å². The minimum absolute atomic E-state index is 0.0468. The zero-order valence-electron chi connectivity index (χ0n) is 20.0. The molecule has 1 aliphatic carbocycles. The van der Waals surface area contributed by atoms with Crippen molar-refractivity contribution in [3.05, 3.63) is 48.7 Å². The second kappa shape index (κ2) is 7.20.